The molecule has 1 aliphatic rings. The Morgan fingerprint density at radius 3 is 1.78 bits per heavy atom. The Kier molecular flexibility index (Phi) is 2.62. The van der Waals surface area contributed by atoms with E-state index in [-0.39, 0.29) is 0 Å². The number of fused-ring (bicyclic) bond motifs is 3. The van der Waals surface area contributed by atoms with Gasteiger partial charge in [-0.1, -0.05) is 36.4 Å². The lowest BCUT2D eigenvalue weighted by molar-refractivity contribution is 0.299. The molecule has 0 unspecified atom stereocenters. The first kappa shape index (κ1) is 11.3. The Hall–Kier alpha value is -1.77. The normalized spacial score (nSPS) is 15.6. The fraction of sp³-hybridized carbons (Fsp3) is 0.0769. The first-order valence-electron chi connectivity index (χ1n) is 5.49. The molecule has 5 heteroatoms. The second-order valence-corrected chi connectivity index (χ2v) is 5.80. The van der Waals surface area contributed by atoms with Gasteiger partial charge in [-0.15, -0.1) is 0 Å². The summed E-state index contributed by atoms with van der Waals surface area (Å²) in [5.74, 6) is 0.916. The third-order valence-corrected chi connectivity index (χ3v) is 4.01. The van der Waals surface area contributed by atoms with E-state index in [1.165, 1.54) is 0 Å². The van der Waals surface area contributed by atoms with Crippen LogP contribution in [0.5, 0.6) is 11.5 Å². The standard InChI is InChI=1S/C13H11O4P/c14-9-18(15)16-12-7-3-1-5-10(12)11-6-2-4-8-13(11)17-18/h1-8,14H,9H2. The van der Waals surface area contributed by atoms with Crippen molar-refractivity contribution in [1.82, 2.24) is 0 Å². The SMILES string of the molecule is O=P1(CO)Oc2ccccc2-c2ccccc2O1. The van der Waals surface area contributed by atoms with Gasteiger partial charge in [0.15, 0.2) is 6.35 Å². The number of hydrogen-bond donors (Lipinski definition) is 1. The molecule has 0 spiro atoms. The molecule has 0 bridgehead atoms. The summed E-state index contributed by atoms with van der Waals surface area (Å²) in [6.07, 6.45) is -0.657. The molecule has 0 aromatic heterocycles. The Labute approximate surface area is 104 Å². The van der Waals surface area contributed by atoms with Crippen LogP contribution in [0.25, 0.3) is 11.1 Å². The summed E-state index contributed by atoms with van der Waals surface area (Å²) < 4.78 is 23.0. The van der Waals surface area contributed by atoms with Crippen molar-refractivity contribution >= 4 is 7.60 Å². The minimum atomic E-state index is -3.55. The zero-order chi connectivity index (χ0) is 12.6. The van der Waals surface area contributed by atoms with E-state index in [4.69, 9.17) is 9.05 Å². The van der Waals surface area contributed by atoms with Crippen LogP contribution in [0.1, 0.15) is 0 Å². The highest BCUT2D eigenvalue weighted by atomic mass is 31.2. The molecule has 0 amide bonds. The van der Waals surface area contributed by atoms with Gasteiger partial charge in [0, 0.05) is 11.1 Å². The summed E-state index contributed by atoms with van der Waals surface area (Å²) in [5.41, 5.74) is 1.61. The van der Waals surface area contributed by atoms with Crippen molar-refractivity contribution in [2.24, 2.45) is 0 Å². The summed E-state index contributed by atoms with van der Waals surface area (Å²) in [6.45, 7) is 0. The lowest BCUT2D eigenvalue weighted by Gasteiger charge is -2.15. The lowest BCUT2D eigenvalue weighted by Crippen LogP contribution is -2.02. The quantitative estimate of drug-likeness (QED) is 0.801. The van der Waals surface area contributed by atoms with E-state index in [2.05, 4.69) is 0 Å². The highest BCUT2D eigenvalue weighted by Crippen LogP contribution is 2.54. The van der Waals surface area contributed by atoms with Crippen molar-refractivity contribution in [2.45, 2.75) is 0 Å². The molecule has 0 saturated carbocycles. The van der Waals surface area contributed by atoms with Crippen LogP contribution in [-0.2, 0) is 4.57 Å². The minimum Gasteiger partial charge on any atom is -0.414 e. The van der Waals surface area contributed by atoms with Crippen LogP contribution in [0.15, 0.2) is 48.5 Å². The van der Waals surface area contributed by atoms with Crippen LogP contribution in [-0.4, -0.2) is 11.5 Å². The largest absolute Gasteiger partial charge is 0.456 e. The van der Waals surface area contributed by atoms with Gasteiger partial charge in [-0.3, -0.25) is 0 Å². The van der Waals surface area contributed by atoms with E-state index in [1.54, 1.807) is 24.3 Å². The van der Waals surface area contributed by atoms with Crippen molar-refractivity contribution < 1.29 is 18.7 Å². The van der Waals surface area contributed by atoms with Crippen LogP contribution in [0, 0.1) is 0 Å². The Bertz CT molecular complexity index is 587. The van der Waals surface area contributed by atoms with Crippen molar-refractivity contribution in [3.05, 3.63) is 48.5 Å². The average molecular weight is 262 g/mol. The molecule has 4 nitrogen and oxygen atoms in total. The molecule has 1 N–H and O–H groups in total. The average Bonchev–Trinajstić information content (AvgIpc) is 2.52. The van der Waals surface area contributed by atoms with Gasteiger partial charge in [0.1, 0.15) is 11.5 Å². The molecule has 0 saturated heterocycles. The minimum absolute atomic E-state index is 0.458. The van der Waals surface area contributed by atoms with Crippen molar-refractivity contribution in [2.75, 3.05) is 6.35 Å². The molecule has 18 heavy (non-hydrogen) atoms. The van der Waals surface area contributed by atoms with Gasteiger partial charge in [0.25, 0.3) is 0 Å². The second-order valence-electron chi connectivity index (χ2n) is 3.93. The zero-order valence-corrected chi connectivity index (χ0v) is 10.3. The number of aliphatic hydroxyl groups is 1. The van der Waals surface area contributed by atoms with Crippen LogP contribution in [0.2, 0.25) is 0 Å². The van der Waals surface area contributed by atoms with Gasteiger partial charge in [0.05, 0.1) is 0 Å². The summed E-state index contributed by atoms with van der Waals surface area (Å²) >= 11 is 0. The van der Waals surface area contributed by atoms with Gasteiger partial charge >= 0.3 is 7.60 Å². The molecule has 3 rings (SSSR count). The van der Waals surface area contributed by atoms with Gasteiger partial charge in [-0.25, -0.2) is 4.57 Å². The first-order chi connectivity index (χ1) is 8.72. The van der Waals surface area contributed by atoms with Crippen LogP contribution in [0.4, 0.5) is 0 Å². The maximum atomic E-state index is 12.3. The predicted molar refractivity (Wildman–Crippen MR) is 67.8 cm³/mol. The van der Waals surface area contributed by atoms with E-state index >= 15 is 0 Å². The molecule has 92 valence electrons. The molecule has 2 aromatic rings. The van der Waals surface area contributed by atoms with Crippen molar-refractivity contribution in [1.29, 1.82) is 0 Å². The molecular weight excluding hydrogens is 251 g/mol. The number of rotatable bonds is 1. The van der Waals surface area contributed by atoms with Crippen LogP contribution in [0.3, 0.4) is 0 Å². The van der Waals surface area contributed by atoms with Gasteiger partial charge < -0.3 is 14.2 Å². The van der Waals surface area contributed by atoms with E-state index in [0.717, 1.165) is 11.1 Å². The maximum Gasteiger partial charge on any atom is 0.456 e. The fourth-order valence-corrected chi connectivity index (χ4v) is 2.98. The predicted octanol–water partition coefficient (Wildman–Crippen LogP) is 3.27. The molecule has 1 aliphatic heterocycles. The van der Waals surface area contributed by atoms with Crippen molar-refractivity contribution in [3.8, 4) is 22.6 Å². The van der Waals surface area contributed by atoms with Gasteiger partial charge in [0.2, 0.25) is 0 Å². The molecule has 1 heterocycles. The number of hydrogen-bond acceptors (Lipinski definition) is 4. The molecule has 0 aliphatic carbocycles. The van der Waals surface area contributed by atoms with E-state index in [1.807, 2.05) is 24.3 Å². The molecule has 2 aromatic carbocycles. The molecule has 0 atom stereocenters. The molecular formula is C13H11O4P. The van der Waals surface area contributed by atoms with Crippen molar-refractivity contribution in [3.63, 3.8) is 0 Å². The Morgan fingerprint density at radius 2 is 1.33 bits per heavy atom. The monoisotopic (exact) mass is 262 g/mol. The summed E-state index contributed by atoms with van der Waals surface area (Å²) in [6, 6.07) is 14.5. The van der Waals surface area contributed by atoms with Gasteiger partial charge in [-0.05, 0) is 12.1 Å². The number of aliphatic hydroxyl groups excluding tert-OH is 1. The van der Waals surface area contributed by atoms with E-state index in [9.17, 15) is 9.67 Å². The maximum absolute atomic E-state index is 12.3. The Balaban J connectivity index is 2.28. The van der Waals surface area contributed by atoms with Crippen LogP contribution < -0.4 is 9.05 Å². The fourth-order valence-electron chi connectivity index (χ4n) is 1.91. The molecule has 0 radical (unpaired) electrons. The topological polar surface area (TPSA) is 55.8 Å². The second kappa shape index (κ2) is 4.16. The van der Waals surface area contributed by atoms with E-state index in [0.29, 0.717) is 11.5 Å². The first-order valence-corrected chi connectivity index (χ1v) is 7.22. The lowest BCUT2D eigenvalue weighted by atomic mass is 10.0. The summed E-state index contributed by atoms with van der Waals surface area (Å²) in [7, 11) is -3.55. The number of para-hydroxylation sites is 2. The Morgan fingerprint density at radius 1 is 0.889 bits per heavy atom. The number of benzene rings is 2. The molecule has 0 fully saturated rings. The third-order valence-electron chi connectivity index (χ3n) is 2.71. The highest BCUT2D eigenvalue weighted by molar-refractivity contribution is 7.54. The van der Waals surface area contributed by atoms with Crippen LogP contribution >= 0.6 is 7.60 Å². The smallest absolute Gasteiger partial charge is 0.414 e. The summed E-state index contributed by atoms with van der Waals surface area (Å²) in [5, 5.41) is 9.21. The summed E-state index contributed by atoms with van der Waals surface area (Å²) in [4.78, 5) is 0. The third kappa shape index (κ3) is 1.80. The highest BCUT2D eigenvalue weighted by Gasteiger charge is 2.32. The van der Waals surface area contributed by atoms with Gasteiger partial charge in [-0.2, -0.15) is 0 Å². The van der Waals surface area contributed by atoms with E-state index < -0.39 is 13.9 Å². The zero-order valence-electron chi connectivity index (χ0n) is 9.45.